The van der Waals surface area contributed by atoms with Crippen LogP contribution < -0.4 is 14.8 Å². The number of amides is 1. The summed E-state index contributed by atoms with van der Waals surface area (Å²) in [6.07, 6.45) is 3.38. The summed E-state index contributed by atoms with van der Waals surface area (Å²) in [4.78, 5) is 16.9. The van der Waals surface area contributed by atoms with Crippen molar-refractivity contribution in [3.05, 3.63) is 94.9 Å². The van der Waals surface area contributed by atoms with Crippen LogP contribution in [0.15, 0.2) is 78.2 Å². The van der Waals surface area contributed by atoms with Crippen LogP contribution in [-0.4, -0.2) is 17.7 Å². The van der Waals surface area contributed by atoms with Crippen LogP contribution in [0.2, 0.25) is 0 Å². The second-order valence-electron chi connectivity index (χ2n) is 7.76. The minimum absolute atomic E-state index is 0.118. The van der Waals surface area contributed by atoms with E-state index in [-0.39, 0.29) is 12.7 Å². The molecular weight excluding hydrogens is 432 g/mol. The lowest BCUT2D eigenvalue weighted by Gasteiger charge is -2.04. The number of fused-ring (bicyclic) bond motifs is 1. The van der Waals surface area contributed by atoms with Crippen LogP contribution in [0.5, 0.6) is 11.5 Å². The average molecular weight is 455 g/mol. The number of benzene rings is 3. The molecule has 164 valence electrons. The molecule has 4 aromatic rings. The van der Waals surface area contributed by atoms with Gasteiger partial charge in [0.05, 0.1) is 5.69 Å². The van der Waals surface area contributed by atoms with Gasteiger partial charge in [0.1, 0.15) is 5.01 Å². The standard InChI is InChI=1S/C27H22N2O3S/c1-18-2-4-19(5-3-18)8-13-26(30)28-15-20-6-9-21(10-7-20)27-29-23(16-33-27)22-11-12-24-25(14-22)32-17-31-24/h2-14,16H,15,17H2,1H3,(H,28,30)/b13-8+. The Morgan fingerprint density at radius 1 is 1.00 bits per heavy atom. The third-order valence-corrected chi connectivity index (χ3v) is 6.24. The Balaban J connectivity index is 1.19. The van der Waals surface area contributed by atoms with E-state index in [4.69, 9.17) is 14.5 Å². The monoisotopic (exact) mass is 454 g/mol. The second-order valence-corrected chi connectivity index (χ2v) is 8.62. The fraction of sp³-hybridized carbons (Fsp3) is 0.111. The van der Waals surface area contributed by atoms with E-state index in [1.165, 1.54) is 5.56 Å². The molecule has 0 fully saturated rings. The highest BCUT2D eigenvalue weighted by atomic mass is 32.1. The number of ether oxygens (including phenoxy) is 2. The van der Waals surface area contributed by atoms with E-state index >= 15 is 0 Å². The first-order valence-electron chi connectivity index (χ1n) is 10.6. The molecule has 0 spiro atoms. The zero-order valence-electron chi connectivity index (χ0n) is 18.1. The van der Waals surface area contributed by atoms with Gasteiger partial charge in [0.2, 0.25) is 12.7 Å². The maximum atomic E-state index is 12.1. The van der Waals surface area contributed by atoms with Gasteiger partial charge in [-0.2, -0.15) is 0 Å². The molecule has 3 aromatic carbocycles. The van der Waals surface area contributed by atoms with Crippen LogP contribution in [0, 0.1) is 6.92 Å². The van der Waals surface area contributed by atoms with Gasteiger partial charge in [-0.05, 0) is 42.3 Å². The molecule has 5 nitrogen and oxygen atoms in total. The summed E-state index contributed by atoms with van der Waals surface area (Å²) in [6, 6.07) is 22.0. The van der Waals surface area contributed by atoms with Crippen molar-refractivity contribution >= 4 is 23.3 Å². The molecule has 5 rings (SSSR count). The number of carbonyl (C=O) groups excluding carboxylic acids is 1. The highest BCUT2D eigenvalue weighted by Crippen LogP contribution is 2.37. The van der Waals surface area contributed by atoms with Crippen molar-refractivity contribution < 1.29 is 14.3 Å². The summed E-state index contributed by atoms with van der Waals surface area (Å²) >= 11 is 1.60. The molecule has 1 amide bonds. The number of carbonyl (C=O) groups is 1. The van der Waals surface area contributed by atoms with Crippen LogP contribution in [0.25, 0.3) is 27.9 Å². The van der Waals surface area contributed by atoms with E-state index in [9.17, 15) is 4.79 Å². The molecule has 2 heterocycles. The van der Waals surface area contributed by atoms with Gasteiger partial charge in [-0.3, -0.25) is 4.79 Å². The summed E-state index contributed by atoms with van der Waals surface area (Å²) in [6.45, 7) is 2.77. The van der Waals surface area contributed by atoms with E-state index in [0.717, 1.165) is 44.5 Å². The minimum atomic E-state index is -0.118. The van der Waals surface area contributed by atoms with Crippen molar-refractivity contribution in [3.63, 3.8) is 0 Å². The van der Waals surface area contributed by atoms with Crippen LogP contribution >= 0.6 is 11.3 Å². The van der Waals surface area contributed by atoms with Crippen molar-refractivity contribution in [1.29, 1.82) is 0 Å². The number of aryl methyl sites for hydroxylation is 1. The van der Waals surface area contributed by atoms with Crippen LogP contribution in [-0.2, 0) is 11.3 Å². The molecule has 0 radical (unpaired) electrons. The Morgan fingerprint density at radius 3 is 2.58 bits per heavy atom. The normalized spacial score (nSPS) is 12.3. The van der Waals surface area contributed by atoms with Gasteiger partial charge in [-0.15, -0.1) is 11.3 Å². The molecule has 1 aliphatic heterocycles. The van der Waals surface area contributed by atoms with E-state index in [1.54, 1.807) is 17.4 Å². The third kappa shape index (κ3) is 4.96. The van der Waals surface area contributed by atoms with E-state index in [2.05, 4.69) is 5.32 Å². The van der Waals surface area contributed by atoms with Crippen molar-refractivity contribution in [1.82, 2.24) is 10.3 Å². The molecule has 6 heteroatoms. The number of nitrogens with zero attached hydrogens (tertiary/aromatic N) is 1. The Morgan fingerprint density at radius 2 is 1.76 bits per heavy atom. The third-order valence-electron chi connectivity index (χ3n) is 5.34. The first kappa shape index (κ1) is 21.0. The molecule has 0 aliphatic carbocycles. The van der Waals surface area contributed by atoms with E-state index < -0.39 is 0 Å². The van der Waals surface area contributed by atoms with Gasteiger partial charge in [0.15, 0.2) is 11.5 Å². The highest BCUT2D eigenvalue weighted by molar-refractivity contribution is 7.13. The average Bonchev–Trinajstić information content (AvgIpc) is 3.52. The predicted molar refractivity (Wildman–Crippen MR) is 131 cm³/mol. The zero-order chi connectivity index (χ0) is 22.6. The Labute approximate surface area is 196 Å². The Bertz CT molecular complexity index is 1310. The van der Waals surface area contributed by atoms with Gasteiger partial charge in [0.25, 0.3) is 0 Å². The summed E-state index contributed by atoms with van der Waals surface area (Å²) in [5, 5.41) is 5.91. The number of nitrogens with one attached hydrogen (secondary N) is 1. The summed E-state index contributed by atoms with van der Waals surface area (Å²) < 4.78 is 10.8. The molecule has 33 heavy (non-hydrogen) atoms. The fourth-order valence-electron chi connectivity index (χ4n) is 3.46. The van der Waals surface area contributed by atoms with Crippen molar-refractivity contribution in [2.75, 3.05) is 6.79 Å². The maximum absolute atomic E-state index is 12.1. The van der Waals surface area contributed by atoms with Crippen LogP contribution in [0.4, 0.5) is 0 Å². The maximum Gasteiger partial charge on any atom is 0.244 e. The Kier molecular flexibility index (Phi) is 5.91. The van der Waals surface area contributed by atoms with E-state index in [0.29, 0.717) is 6.54 Å². The summed E-state index contributed by atoms with van der Waals surface area (Å²) in [7, 11) is 0. The molecule has 0 saturated carbocycles. The van der Waals surface area contributed by atoms with Crippen molar-refractivity contribution in [2.24, 2.45) is 0 Å². The molecule has 0 bridgehead atoms. The van der Waals surface area contributed by atoms with Gasteiger partial charge in [-0.1, -0.05) is 54.1 Å². The lowest BCUT2D eigenvalue weighted by molar-refractivity contribution is -0.116. The lowest BCUT2D eigenvalue weighted by Crippen LogP contribution is -2.20. The van der Waals surface area contributed by atoms with Gasteiger partial charge < -0.3 is 14.8 Å². The number of rotatable bonds is 6. The minimum Gasteiger partial charge on any atom is -0.454 e. The number of hydrogen-bond acceptors (Lipinski definition) is 5. The van der Waals surface area contributed by atoms with Crippen molar-refractivity contribution in [2.45, 2.75) is 13.5 Å². The lowest BCUT2D eigenvalue weighted by atomic mass is 10.1. The first-order chi connectivity index (χ1) is 16.1. The molecular formula is C27H22N2O3S. The topological polar surface area (TPSA) is 60.5 Å². The van der Waals surface area contributed by atoms with Gasteiger partial charge >= 0.3 is 0 Å². The molecule has 1 aliphatic rings. The predicted octanol–water partition coefficient (Wildman–Crippen LogP) is 5.84. The van der Waals surface area contributed by atoms with Crippen LogP contribution in [0.1, 0.15) is 16.7 Å². The van der Waals surface area contributed by atoms with Gasteiger partial charge in [-0.25, -0.2) is 4.98 Å². The number of hydrogen-bond donors (Lipinski definition) is 1. The number of thiazole rings is 1. The molecule has 1 aromatic heterocycles. The first-order valence-corrected chi connectivity index (χ1v) is 11.5. The van der Waals surface area contributed by atoms with E-state index in [1.807, 2.05) is 85.1 Å². The van der Waals surface area contributed by atoms with Crippen molar-refractivity contribution in [3.8, 4) is 33.3 Å². The molecule has 0 saturated heterocycles. The highest BCUT2D eigenvalue weighted by Gasteiger charge is 2.15. The second kappa shape index (κ2) is 9.30. The SMILES string of the molecule is Cc1ccc(/C=C/C(=O)NCc2ccc(-c3nc(-c4ccc5c(c4)OCO5)cs3)cc2)cc1. The molecule has 0 unspecified atom stereocenters. The van der Waals surface area contributed by atoms with Crippen LogP contribution in [0.3, 0.4) is 0 Å². The molecule has 1 N–H and O–H groups in total. The smallest absolute Gasteiger partial charge is 0.244 e. The zero-order valence-corrected chi connectivity index (χ0v) is 18.9. The van der Waals surface area contributed by atoms with Gasteiger partial charge in [0, 0.05) is 29.1 Å². The number of aromatic nitrogens is 1. The molecule has 0 atom stereocenters. The summed E-state index contributed by atoms with van der Waals surface area (Å²) in [5.74, 6) is 1.40. The quantitative estimate of drug-likeness (QED) is 0.372. The Hall–Kier alpha value is -3.90. The fourth-order valence-corrected chi connectivity index (χ4v) is 4.29. The summed E-state index contributed by atoms with van der Waals surface area (Å²) in [5.41, 5.74) is 6.18. The largest absolute Gasteiger partial charge is 0.454 e.